The Kier molecular flexibility index (Phi) is 5.64. The summed E-state index contributed by atoms with van der Waals surface area (Å²) in [5.74, 6) is -0.462. The van der Waals surface area contributed by atoms with Gasteiger partial charge >= 0.3 is 0 Å². The van der Waals surface area contributed by atoms with Crippen molar-refractivity contribution < 1.29 is 18.0 Å². The van der Waals surface area contributed by atoms with E-state index in [-0.39, 0.29) is 42.3 Å². The van der Waals surface area contributed by atoms with Crippen molar-refractivity contribution in [2.45, 2.75) is 18.9 Å². The normalized spacial score (nSPS) is 19.3. The van der Waals surface area contributed by atoms with E-state index in [0.717, 1.165) is 5.56 Å². The summed E-state index contributed by atoms with van der Waals surface area (Å²) in [5, 5.41) is 3.15. The molecule has 1 aliphatic rings. The predicted molar refractivity (Wildman–Crippen MR) is 88.0 cm³/mol. The SMILES string of the molecule is CN(C(=O)CNC(=O)Cc1ccc(Cl)cc1)C1CCS(=O)(=O)C1. The van der Waals surface area contributed by atoms with Crippen LogP contribution in [0.2, 0.25) is 5.02 Å². The van der Waals surface area contributed by atoms with Crippen LogP contribution >= 0.6 is 11.6 Å². The molecule has 0 bridgehead atoms. The summed E-state index contributed by atoms with van der Waals surface area (Å²) >= 11 is 5.77. The number of hydrogen-bond acceptors (Lipinski definition) is 4. The lowest BCUT2D eigenvalue weighted by Crippen LogP contribution is -2.44. The first kappa shape index (κ1) is 17.7. The molecule has 2 amide bonds. The number of carbonyl (C=O) groups is 2. The van der Waals surface area contributed by atoms with Gasteiger partial charge in [0.05, 0.1) is 24.5 Å². The maximum Gasteiger partial charge on any atom is 0.241 e. The highest BCUT2D eigenvalue weighted by Crippen LogP contribution is 2.16. The van der Waals surface area contributed by atoms with Crippen LogP contribution in [0.1, 0.15) is 12.0 Å². The number of nitrogens with one attached hydrogen (secondary N) is 1. The smallest absolute Gasteiger partial charge is 0.241 e. The average molecular weight is 359 g/mol. The van der Waals surface area contributed by atoms with Gasteiger partial charge < -0.3 is 10.2 Å². The Hall–Kier alpha value is -1.60. The molecule has 1 fully saturated rings. The fourth-order valence-electron chi connectivity index (χ4n) is 2.43. The molecule has 1 atom stereocenters. The molecular weight excluding hydrogens is 340 g/mol. The molecule has 1 unspecified atom stereocenters. The fraction of sp³-hybridized carbons (Fsp3) is 0.467. The van der Waals surface area contributed by atoms with Crippen LogP contribution in [-0.2, 0) is 25.8 Å². The average Bonchev–Trinajstić information content (AvgIpc) is 2.86. The van der Waals surface area contributed by atoms with Gasteiger partial charge in [0.1, 0.15) is 0 Å². The van der Waals surface area contributed by atoms with Gasteiger partial charge in [-0.25, -0.2) is 8.42 Å². The van der Waals surface area contributed by atoms with Crippen LogP contribution in [-0.4, -0.2) is 56.3 Å². The Morgan fingerprint density at radius 3 is 2.52 bits per heavy atom. The lowest BCUT2D eigenvalue weighted by atomic mass is 10.1. The van der Waals surface area contributed by atoms with Gasteiger partial charge in [-0.3, -0.25) is 9.59 Å². The molecule has 1 N–H and O–H groups in total. The molecule has 1 aromatic rings. The topological polar surface area (TPSA) is 83.6 Å². The minimum Gasteiger partial charge on any atom is -0.347 e. The van der Waals surface area contributed by atoms with E-state index >= 15 is 0 Å². The van der Waals surface area contributed by atoms with Gasteiger partial charge in [-0.15, -0.1) is 0 Å². The molecule has 0 saturated carbocycles. The molecule has 1 aromatic carbocycles. The van der Waals surface area contributed by atoms with E-state index in [1.54, 1.807) is 31.3 Å². The molecule has 1 heterocycles. The molecule has 8 heteroatoms. The summed E-state index contributed by atoms with van der Waals surface area (Å²) < 4.78 is 22.9. The van der Waals surface area contributed by atoms with Crippen LogP contribution in [0.5, 0.6) is 0 Å². The van der Waals surface area contributed by atoms with Crippen LogP contribution in [0, 0.1) is 0 Å². The molecule has 1 aliphatic heterocycles. The van der Waals surface area contributed by atoms with Crippen LogP contribution in [0.3, 0.4) is 0 Å². The Morgan fingerprint density at radius 2 is 1.96 bits per heavy atom. The molecule has 23 heavy (non-hydrogen) atoms. The molecule has 0 spiro atoms. The number of carbonyl (C=O) groups excluding carboxylic acids is 2. The standard InChI is InChI=1S/C15H19ClN2O4S/c1-18(13-6-7-23(21,22)10-13)15(20)9-17-14(19)8-11-2-4-12(16)5-3-11/h2-5,13H,6-10H2,1H3,(H,17,19). The summed E-state index contributed by atoms with van der Waals surface area (Å²) in [7, 11) is -1.47. The van der Waals surface area contributed by atoms with E-state index in [1.807, 2.05) is 0 Å². The second-order valence-corrected chi connectivity index (χ2v) is 8.31. The van der Waals surface area contributed by atoms with Crippen LogP contribution in [0.4, 0.5) is 0 Å². The van der Waals surface area contributed by atoms with Crippen molar-refractivity contribution in [1.29, 1.82) is 0 Å². The minimum atomic E-state index is -3.04. The third-order valence-electron chi connectivity index (χ3n) is 3.86. The summed E-state index contributed by atoms with van der Waals surface area (Å²) in [6, 6.07) is 6.59. The lowest BCUT2D eigenvalue weighted by molar-refractivity contribution is -0.133. The zero-order valence-corrected chi connectivity index (χ0v) is 14.4. The molecular formula is C15H19ClN2O4S. The van der Waals surface area contributed by atoms with Gasteiger partial charge in [-0.1, -0.05) is 23.7 Å². The van der Waals surface area contributed by atoms with Gasteiger partial charge in [0.15, 0.2) is 9.84 Å². The first-order chi connectivity index (χ1) is 10.8. The molecule has 0 aromatic heterocycles. The lowest BCUT2D eigenvalue weighted by Gasteiger charge is -2.23. The second-order valence-electron chi connectivity index (χ2n) is 5.64. The zero-order valence-electron chi connectivity index (χ0n) is 12.8. The van der Waals surface area contributed by atoms with Crippen molar-refractivity contribution >= 4 is 33.3 Å². The van der Waals surface area contributed by atoms with Gasteiger partial charge in [-0.05, 0) is 24.1 Å². The number of nitrogens with zero attached hydrogens (tertiary/aromatic N) is 1. The molecule has 0 aliphatic carbocycles. The summed E-state index contributed by atoms with van der Waals surface area (Å²) in [5.41, 5.74) is 0.801. The third kappa shape index (κ3) is 5.21. The first-order valence-electron chi connectivity index (χ1n) is 7.24. The van der Waals surface area contributed by atoms with E-state index in [9.17, 15) is 18.0 Å². The zero-order chi connectivity index (χ0) is 17.0. The van der Waals surface area contributed by atoms with E-state index in [2.05, 4.69) is 5.32 Å². The number of halogens is 1. The summed E-state index contributed by atoms with van der Waals surface area (Å²) in [6.07, 6.45) is 0.606. The monoisotopic (exact) mass is 358 g/mol. The van der Waals surface area contributed by atoms with Crippen molar-refractivity contribution in [2.75, 3.05) is 25.1 Å². The third-order valence-corrected chi connectivity index (χ3v) is 5.87. The highest BCUT2D eigenvalue weighted by molar-refractivity contribution is 7.91. The molecule has 126 valence electrons. The minimum absolute atomic E-state index is 0.00599. The fourth-order valence-corrected chi connectivity index (χ4v) is 4.33. The van der Waals surface area contributed by atoms with Crippen LogP contribution < -0.4 is 5.32 Å². The van der Waals surface area contributed by atoms with Gasteiger partial charge in [0.2, 0.25) is 11.8 Å². The Morgan fingerprint density at radius 1 is 1.30 bits per heavy atom. The number of rotatable bonds is 5. The predicted octanol–water partition coefficient (Wildman–Crippen LogP) is 0.644. The highest BCUT2D eigenvalue weighted by Gasteiger charge is 2.32. The van der Waals surface area contributed by atoms with Crippen molar-refractivity contribution in [3.05, 3.63) is 34.9 Å². The summed E-state index contributed by atoms with van der Waals surface area (Å²) in [6.45, 7) is -0.139. The maximum atomic E-state index is 12.0. The Balaban J connectivity index is 1.79. The first-order valence-corrected chi connectivity index (χ1v) is 9.44. The molecule has 1 saturated heterocycles. The largest absolute Gasteiger partial charge is 0.347 e. The van der Waals surface area contributed by atoms with Crippen LogP contribution in [0.25, 0.3) is 0 Å². The van der Waals surface area contributed by atoms with E-state index in [0.29, 0.717) is 11.4 Å². The highest BCUT2D eigenvalue weighted by atomic mass is 35.5. The Labute approximate surface area is 140 Å². The summed E-state index contributed by atoms with van der Waals surface area (Å²) in [4.78, 5) is 25.3. The van der Waals surface area contributed by atoms with Crippen LogP contribution in [0.15, 0.2) is 24.3 Å². The van der Waals surface area contributed by atoms with E-state index in [1.165, 1.54) is 4.90 Å². The van der Waals surface area contributed by atoms with Gasteiger partial charge in [0, 0.05) is 18.1 Å². The van der Waals surface area contributed by atoms with E-state index in [4.69, 9.17) is 11.6 Å². The number of amides is 2. The Bertz CT molecular complexity index is 688. The quantitative estimate of drug-likeness (QED) is 0.837. The molecule has 6 nitrogen and oxygen atoms in total. The number of sulfone groups is 1. The molecule has 0 radical (unpaired) electrons. The van der Waals surface area contributed by atoms with Crippen molar-refractivity contribution in [3.8, 4) is 0 Å². The van der Waals surface area contributed by atoms with Crippen molar-refractivity contribution in [2.24, 2.45) is 0 Å². The molecule has 2 rings (SSSR count). The second kappa shape index (κ2) is 7.31. The van der Waals surface area contributed by atoms with Crippen molar-refractivity contribution in [3.63, 3.8) is 0 Å². The number of hydrogen-bond donors (Lipinski definition) is 1. The maximum absolute atomic E-state index is 12.0. The van der Waals surface area contributed by atoms with E-state index < -0.39 is 9.84 Å². The van der Waals surface area contributed by atoms with Gasteiger partial charge in [0.25, 0.3) is 0 Å². The van der Waals surface area contributed by atoms with Crippen molar-refractivity contribution in [1.82, 2.24) is 10.2 Å². The van der Waals surface area contributed by atoms with Gasteiger partial charge in [-0.2, -0.15) is 0 Å². The number of benzene rings is 1. The number of likely N-dealkylation sites (N-methyl/N-ethyl adjacent to an activating group) is 1.